The van der Waals surface area contributed by atoms with Gasteiger partial charge in [-0.1, -0.05) is 0 Å². The van der Waals surface area contributed by atoms with Gasteiger partial charge in [0.1, 0.15) is 0 Å². The summed E-state index contributed by atoms with van der Waals surface area (Å²) in [7, 11) is 1.75. The van der Waals surface area contributed by atoms with Gasteiger partial charge in [0, 0.05) is 24.5 Å². The van der Waals surface area contributed by atoms with E-state index >= 15 is 0 Å². The van der Waals surface area contributed by atoms with Gasteiger partial charge >= 0.3 is 0 Å². The Morgan fingerprint density at radius 3 is 2.35 bits per heavy atom. The first-order valence-corrected chi connectivity index (χ1v) is 6.17. The molecule has 0 aromatic heterocycles. The van der Waals surface area contributed by atoms with Gasteiger partial charge in [0.15, 0.2) is 0 Å². The van der Waals surface area contributed by atoms with Crippen LogP contribution in [0.4, 0.5) is 11.4 Å². The van der Waals surface area contributed by atoms with E-state index in [2.05, 4.69) is 15.5 Å². The van der Waals surface area contributed by atoms with E-state index in [9.17, 15) is 4.79 Å². The van der Waals surface area contributed by atoms with Crippen molar-refractivity contribution in [2.45, 2.75) is 0 Å². The van der Waals surface area contributed by atoms with Crippen molar-refractivity contribution in [3.05, 3.63) is 24.3 Å². The van der Waals surface area contributed by atoms with Crippen LogP contribution in [0.1, 0.15) is 0 Å². The van der Waals surface area contributed by atoms with Crippen LogP contribution >= 0.6 is 24.8 Å². The molecule has 0 bridgehead atoms. The van der Waals surface area contributed by atoms with E-state index in [1.54, 1.807) is 7.05 Å². The number of carbonyl (C=O) groups excluding carboxylic acids is 1. The Morgan fingerprint density at radius 2 is 1.80 bits per heavy atom. The lowest BCUT2D eigenvalue weighted by molar-refractivity contribution is -0.115. The van der Waals surface area contributed by atoms with Crippen molar-refractivity contribution >= 4 is 42.1 Å². The summed E-state index contributed by atoms with van der Waals surface area (Å²) in [6.45, 7) is 3.73. The summed E-state index contributed by atoms with van der Waals surface area (Å²) >= 11 is 0. The van der Waals surface area contributed by atoms with Crippen LogP contribution in [0, 0.1) is 0 Å². The van der Waals surface area contributed by atoms with Crippen molar-refractivity contribution in [1.29, 1.82) is 0 Å². The number of amides is 1. The second-order valence-electron chi connectivity index (χ2n) is 4.22. The number of hydrogen-bond acceptors (Lipinski definition) is 4. The molecule has 2 N–H and O–H groups in total. The van der Waals surface area contributed by atoms with Crippen LogP contribution in [0.25, 0.3) is 0 Å². The lowest BCUT2D eigenvalue weighted by atomic mass is 10.2. The summed E-state index contributed by atoms with van der Waals surface area (Å²) in [4.78, 5) is 13.7. The van der Waals surface area contributed by atoms with Crippen LogP contribution in [-0.4, -0.2) is 45.8 Å². The molecular weight excluding hydrogens is 301 g/mol. The summed E-state index contributed by atoms with van der Waals surface area (Å²) in [5, 5.41) is 5.64. The first kappa shape index (κ1) is 19.0. The molecular formula is C13H21Cl2N3O2. The maximum atomic E-state index is 11.4. The molecule has 0 unspecified atom stereocenters. The Kier molecular flexibility index (Phi) is 9.33. The molecule has 1 amide bonds. The van der Waals surface area contributed by atoms with Gasteiger partial charge in [0.2, 0.25) is 5.91 Å². The average molecular weight is 322 g/mol. The number of rotatable bonds is 4. The zero-order valence-corrected chi connectivity index (χ0v) is 13.1. The molecule has 0 radical (unpaired) electrons. The van der Waals surface area contributed by atoms with Gasteiger partial charge in [0.05, 0.1) is 19.8 Å². The summed E-state index contributed by atoms with van der Waals surface area (Å²) in [6.07, 6.45) is 0. The van der Waals surface area contributed by atoms with Crippen molar-refractivity contribution in [1.82, 2.24) is 5.32 Å². The maximum Gasteiger partial charge on any atom is 0.238 e. The number of ether oxygens (including phenoxy) is 1. The van der Waals surface area contributed by atoms with Gasteiger partial charge in [-0.15, -0.1) is 24.8 Å². The van der Waals surface area contributed by atoms with Crippen LogP contribution in [0.15, 0.2) is 24.3 Å². The van der Waals surface area contributed by atoms with E-state index < -0.39 is 0 Å². The van der Waals surface area contributed by atoms with Crippen LogP contribution in [-0.2, 0) is 9.53 Å². The van der Waals surface area contributed by atoms with E-state index in [1.165, 1.54) is 5.69 Å². The van der Waals surface area contributed by atoms with Gasteiger partial charge in [0.25, 0.3) is 0 Å². The zero-order chi connectivity index (χ0) is 12.8. The molecule has 7 heteroatoms. The molecule has 1 aromatic rings. The largest absolute Gasteiger partial charge is 0.378 e. The summed E-state index contributed by atoms with van der Waals surface area (Å²) < 4.78 is 5.32. The first-order chi connectivity index (χ1) is 8.79. The first-order valence-electron chi connectivity index (χ1n) is 6.17. The SMILES string of the molecule is CNCC(=O)Nc1ccc(N2CCOCC2)cc1.Cl.Cl. The predicted molar refractivity (Wildman–Crippen MR) is 86.5 cm³/mol. The highest BCUT2D eigenvalue weighted by molar-refractivity contribution is 5.92. The second-order valence-corrected chi connectivity index (χ2v) is 4.22. The maximum absolute atomic E-state index is 11.4. The van der Waals surface area contributed by atoms with Crippen molar-refractivity contribution < 1.29 is 9.53 Å². The van der Waals surface area contributed by atoms with Gasteiger partial charge in [-0.2, -0.15) is 0 Å². The Hall–Kier alpha value is -1.01. The Morgan fingerprint density at radius 1 is 1.20 bits per heavy atom. The number of carbonyl (C=O) groups is 1. The summed E-state index contributed by atoms with van der Waals surface area (Å²) in [6, 6.07) is 7.91. The third-order valence-electron chi connectivity index (χ3n) is 2.86. The number of morpholine rings is 1. The number of likely N-dealkylation sites (N-methyl/N-ethyl adjacent to an activating group) is 1. The number of benzene rings is 1. The molecule has 1 fully saturated rings. The van der Waals surface area contributed by atoms with Crippen molar-refractivity contribution in [2.24, 2.45) is 0 Å². The fourth-order valence-electron chi connectivity index (χ4n) is 1.94. The molecule has 2 rings (SSSR count). The van der Waals surface area contributed by atoms with Gasteiger partial charge in [-0.3, -0.25) is 4.79 Å². The van der Waals surface area contributed by atoms with Gasteiger partial charge < -0.3 is 20.3 Å². The van der Waals surface area contributed by atoms with Gasteiger partial charge in [-0.05, 0) is 31.3 Å². The van der Waals surface area contributed by atoms with E-state index in [0.29, 0.717) is 6.54 Å². The number of hydrogen-bond donors (Lipinski definition) is 2. The number of halogens is 2. The number of anilines is 2. The minimum Gasteiger partial charge on any atom is -0.378 e. The average Bonchev–Trinajstić information content (AvgIpc) is 2.41. The summed E-state index contributed by atoms with van der Waals surface area (Å²) in [5.74, 6) is -0.0309. The lowest BCUT2D eigenvalue weighted by Crippen LogP contribution is -2.36. The minimum atomic E-state index is -0.0309. The van der Waals surface area contributed by atoms with Gasteiger partial charge in [-0.25, -0.2) is 0 Å². The third-order valence-corrected chi connectivity index (χ3v) is 2.86. The fourth-order valence-corrected chi connectivity index (χ4v) is 1.94. The van der Waals surface area contributed by atoms with E-state index in [0.717, 1.165) is 32.0 Å². The van der Waals surface area contributed by atoms with Crippen LogP contribution in [0.2, 0.25) is 0 Å². The minimum absolute atomic E-state index is 0. The highest BCUT2D eigenvalue weighted by atomic mass is 35.5. The number of nitrogens with zero attached hydrogens (tertiary/aromatic N) is 1. The molecule has 5 nitrogen and oxygen atoms in total. The molecule has 0 saturated carbocycles. The monoisotopic (exact) mass is 321 g/mol. The van der Waals surface area contributed by atoms with Crippen LogP contribution in [0.3, 0.4) is 0 Å². The smallest absolute Gasteiger partial charge is 0.238 e. The Balaban J connectivity index is 0.00000180. The Bertz CT molecular complexity index is 395. The van der Waals surface area contributed by atoms with E-state index in [1.807, 2.05) is 24.3 Å². The van der Waals surface area contributed by atoms with E-state index in [-0.39, 0.29) is 30.7 Å². The molecule has 0 spiro atoms. The third kappa shape index (κ3) is 5.54. The van der Waals surface area contributed by atoms with Crippen molar-refractivity contribution in [3.63, 3.8) is 0 Å². The fraction of sp³-hybridized carbons (Fsp3) is 0.462. The molecule has 1 saturated heterocycles. The molecule has 0 atom stereocenters. The van der Waals surface area contributed by atoms with E-state index in [4.69, 9.17) is 4.74 Å². The lowest BCUT2D eigenvalue weighted by Gasteiger charge is -2.28. The van der Waals surface area contributed by atoms with Crippen molar-refractivity contribution in [2.75, 3.05) is 50.1 Å². The Labute approximate surface area is 131 Å². The molecule has 1 aliphatic heterocycles. The molecule has 1 aliphatic rings. The molecule has 114 valence electrons. The zero-order valence-electron chi connectivity index (χ0n) is 11.4. The molecule has 0 aliphatic carbocycles. The topological polar surface area (TPSA) is 53.6 Å². The van der Waals surface area contributed by atoms with Crippen molar-refractivity contribution in [3.8, 4) is 0 Å². The molecule has 20 heavy (non-hydrogen) atoms. The van der Waals surface area contributed by atoms with Crippen LogP contribution in [0.5, 0.6) is 0 Å². The number of nitrogens with one attached hydrogen (secondary N) is 2. The highest BCUT2D eigenvalue weighted by Gasteiger charge is 2.10. The summed E-state index contributed by atoms with van der Waals surface area (Å²) in [5.41, 5.74) is 2.00. The predicted octanol–water partition coefficient (Wildman–Crippen LogP) is 1.52. The molecule has 1 heterocycles. The second kappa shape index (κ2) is 9.83. The molecule has 1 aromatic carbocycles. The normalized spacial score (nSPS) is 13.9. The van der Waals surface area contributed by atoms with Crippen LogP contribution < -0.4 is 15.5 Å². The quantitative estimate of drug-likeness (QED) is 0.883. The standard InChI is InChI=1S/C13H19N3O2.2ClH/c1-14-10-13(17)15-11-2-4-12(5-3-11)16-6-8-18-9-7-16;;/h2-5,14H,6-10H2,1H3,(H,15,17);2*1H. The highest BCUT2D eigenvalue weighted by Crippen LogP contribution is 2.18.